The van der Waals surface area contributed by atoms with Gasteiger partial charge in [0.15, 0.2) is 17.5 Å². The zero-order valence-electron chi connectivity index (χ0n) is 14.8. The fraction of sp³-hybridized carbons (Fsp3) is 0.200. The molecule has 0 fully saturated rings. The topological polar surface area (TPSA) is 75.0 Å². The van der Waals surface area contributed by atoms with Crippen LogP contribution in [0.2, 0.25) is 0 Å². The molecule has 0 spiro atoms. The molecular weight excluding hydrogens is 369 g/mol. The van der Waals surface area contributed by atoms with E-state index in [0.29, 0.717) is 35.7 Å². The number of aromatic amines is 1. The molecule has 1 aromatic heterocycles. The van der Waals surface area contributed by atoms with Crippen molar-refractivity contribution in [1.29, 1.82) is 0 Å². The first kappa shape index (κ1) is 18.2. The highest BCUT2D eigenvalue weighted by atomic mass is 19.2. The molecule has 3 N–H and O–H groups in total. The van der Waals surface area contributed by atoms with Crippen molar-refractivity contribution in [2.75, 3.05) is 12.3 Å². The van der Waals surface area contributed by atoms with Gasteiger partial charge < -0.3 is 10.7 Å². The molecule has 2 aromatic carbocycles. The minimum atomic E-state index is -1.48. The van der Waals surface area contributed by atoms with Crippen LogP contribution in [0.25, 0.3) is 11.4 Å². The van der Waals surface area contributed by atoms with Gasteiger partial charge in [0.05, 0.1) is 11.3 Å². The summed E-state index contributed by atoms with van der Waals surface area (Å²) in [6.45, 7) is 0.836. The number of rotatable bonds is 3. The Morgan fingerprint density at radius 2 is 1.82 bits per heavy atom. The number of aromatic nitrogens is 2. The van der Waals surface area contributed by atoms with Crippen LogP contribution in [0.1, 0.15) is 16.8 Å². The molecule has 1 aliphatic heterocycles. The van der Waals surface area contributed by atoms with Gasteiger partial charge in [-0.25, -0.2) is 18.2 Å². The molecule has 0 aliphatic carbocycles. The highest BCUT2D eigenvalue weighted by Crippen LogP contribution is 2.22. The van der Waals surface area contributed by atoms with Crippen LogP contribution in [-0.2, 0) is 19.5 Å². The lowest BCUT2D eigenvalue weighted by atomic mass is 10.0. The lowest BCUT2D eigenvalue weighted by Gasteiger charge is -2.28. The molecule has 3 aromatic rings. The summed E-state index contributed by atoms with van der Waals surface area (Å²) >= 11 is 0. The number of hydrogen-bond donors (Lipinski definition) is 2. The summed E-state index contributed by atoms with van der Waals surface area (Å²) in [7, 11) is 0. The molecule has 8 heteroatoms. The van der Waals surface area contributed by atoms with Crippen LogP contribution in [0.5, 0.6) is 0 Å². The van der Waals surface area contributed by atoms with Crippen LogP contribution in [-0.4, -0.2) is 21.4 Å². The van der Waals surface area contributed by atoms with Gasteiger partial charge in [-0.2, -0.15) is 0 Å². The summed E-state index contributed by atoms with van der Waals surface area (Å²) < 4.78 is 40.5. The summed E-state index contributed by atoms with van der Waals surface area (Å²) in [4.78, 5) is 21.7. The van der Waals surface area contributed by atoms with Gasteiger partial charge in [0.25, 0.3) is 5.56 Å². The lowest BCUT2D eigenvalue weighted by molar-refractivity contribution is 0.237. The number of benzene rings is 2. The van der Waals surface area contributed by atoms with Gasteiger partial charge >= 0.3 is 0 Å². The van der Waals surface area contributed by atoms with Crippen LogP contribution in [0.4, 0.5) is 18.9 Å². The standard InChI is InChI=1S/C20H17F3N4O/c21-15-6-3-12(17(22)18(15)23)9-27-8-7-16-14(10-27)20(28)26-19(25-16)11-1-4-13(24)5-2-11/h1-6H,7-10,24H2,(H,25,26,28). The second kappa shape index (κ2) is 7.12. The SMILES string of the molecule is Nc1ccc(-c2nc3c(c(=O)[nH]2)CN(Cc2ccc(F)c(F)c2F)CC3)cc1. The number of nitrogens with one attached hydrogen (secondary N) is 1. The van der Waals surface area contributed by atoms with Gasteiger partial charge in [-0.1, -0.05) is 6.07 Å². The molecule has 0 unspecified atom stereocenters. The Bertz CT molecular complexity index is 1100. The first-order valence-electron chi connectivity index (χ1n) is 8.75. The maximum absolute atomic E-state index is 13.9. The van der Waals surface area contributed by atoms with Gasteiger partial charge in [-0.15, -0.1) is 0 Å². The number of halogens is 3. The van der Waals surface area contributed by atoms with E-state index in [1.165, 1.54) is 6.07 Å². The van der Waals surface area contributed by atoms with Crippen LogP contribution in [0.3, 0.4) is 0 Å². The highest BCUT2D eigenvalue weighted by molar-refractivity contribution is 5.58. The number of fused-ring (bicyclic) bond motifs is 1. The van der Waals surface area contributed by atoms with E-state index in [1.54, 1.807) is 29.2 Å². The third-order valence-electron chi connectivity index (χ3n) is 4.84. The molecular formula is C20H17F3N4O. The van der Waals surface area contributed by atoms with E-state index in [-0.39, 0.29) is 24.2 Å². The first-order valence-corrected chi connectivity index (χ1v) is 8.75. The molecule has 0 saturated heterocycles. The molecule has 28 heavy (non-hydrogen) atoms. The minimum Gasteiger partial charge on any atom is -0.399 e. The quantitative estimate of drug-likeness (QED) is 0.536. The van der Waals surface area contributed by atoms with Crippen molar-refractivity contribution in [1.82, 2.24) is 14.9 Å². The molecule has 0 atom stereocenters. The largest absolute Gasteiger partial charge is 0.399 e. The van der Waals surface area contributed by atoms with E-state index in [4.69, 9.17) is 5.73 Å². The van der Waals surface area contributed by atoms with Gasteiger partial charge in [-0.3, -0.25) is 9.69 Å². The Hall–Kier alpha value is -3.13. The molecule has 0 bridgehead atoms. The molecule has 144 valence electrons. The van der Waals surface area contributed by atoms with Gasteiger partial charge in [0.1, 0.15) is 5.82 Å². The van der Waals surface area contributed by atoms with E-state index in [0.717, 1.165) is 11.6 Å². The Labute approximate surface area is 158 Å². The molecule has 0 amide bonds. The van der Waals surface area contributed by atoms with Crippen LogP contribution in [0, 0.1) is 17.5 Å². The Kier molecular flexibility index (Phi) is 4.64. The van der Waals surface area contributed by atoms with Crippen LogP contribution < -0.4 is 11.3 Å². The van der Waals surface area contributed by atoms with E-state index < -0.39 is 17.5 Å². The van der Waals surface area contributed by atoms with Crippen molar-refractivity contribution in [3.05, 3.63) is 81.0 Å². The predicted molar refractivity (Wildman–Crippen MR) is 98.8 cm³/mol. The van der Waals surface area contributed by atoms with Crippen molar-refractivity contribution in [3.8, 4) is 11.4 Å². The molecule has 1 aliphatic rings. The van der Waals surface area contributed by atoms with E-state index in [1.807, 2.05) is 0 Å². The summed E-state index contributed by atoms with van der Waals surface area (Å²) in [6, 6.07) is 9.14. The van der Waals surface area contributed by atoms with Gasteiger partial charge in [0.2, 0.25) is 0 Å². The number of nitrogen functional groups attached to an aromatic ring is 1. The second-order valence-electron chi connectivity index (χ2n) is 6.76. The third kappa shape index (κ3) is 3.38. The van der Waals surface area contributed by atoms with Crippen molar-refractivity contribution in [2.24, 2.45) is 0 Å². The molecule has 5 nitrogen and oxygen atoms in total. The first-order chi connectivity index (χ1) is 13.4. The number of nitrogens with zero attached hydrogens (tertiary/aromatic N) is 2. The molecule has 2 heterocycles. The Morgan fingerprint density at radius 1 is 1.07 bits per heavy atom. The van der Waals surface area contributed by atoms with E-state index in [2.05, 4.69) is 9.97 Å². The number of anilines is 1. The van der Waals surface area contributed by atoms with Crippen molar-refractivity contribution in [3.63, 3.8) is 0 Å². The number of H-pyrrole nitrogens is 1. The van der Waals surface area contributed by atoms with Crippen LogP contribution >= 0.6 is 0 Å². The van der Waals surface area contributed by atoms with Crippen molar-refractivity contribution in [2.45, 2.75) is 19.5 Å². The predicted octanol–water partition coefficient (Wildman–Crippen LogP) is 2.99. The third-order valence-corrected chi connectivity index (χ3v) is 4.84. The van der Waals surface area contributed by atoms with Gasteiger partial charge in [0, 0.05) is 42.9 Å². The van der Waals surface area contributed by atoms with Gasteiger partial charge in [-0.05, 0) is 30.3 Å². The smallest absolute Gasteiger partial charge is 0.255 e. The van der Waals surface area contributed by atoms with E-state index >= 15 is 0 Å². The maximum atomic E-state index is 13.9. The van der Waals surface area contributed by atoms with E-state index in [9.17, 15) is 18.0 Å². The molecule has 0 saturated carbocycles. The monoisotopic (exact) mass is 386 g/mol. The fourth-order valence-electron chi connectivity index (χ4n) is 3.32. The summed E-state index contributed by atoms with van der Waals surface area (Å²) in [6.07, 6.45) is 0.493. The summed E-state index contributed by atoms with van der Waals surface area (Å²) in [5, 5.41) is 0. The average Bonchev–Trinajstić information content (AvgIpc) is 2.69. The van der Waals surface area contributed by atoms with Crippen molar-refractivity contribution >= 4 is 5.69 Å². The van der Waals surface area contributed by atoms with Crippen molar-refractivity contribution < 1.29 is 13.2 Å². The lowest BCUT2D eigenvalue weighted by Crippen LogP contribution is -2.35. The Morgan fingerprint density at radius 3 is 2.57 bits per heavy atom. The maximum Gasteiger partial charge on any atom is 0.255 e. The number of hydrogen-bond acceptors (Lipinski definition) is 4. The summed E-state index contributed by atoms with van der Waals surface area (Å²) in [5.41, 5.74) is 8.00. The zero-order valence-corrected chi connectivity index (χ0v) is 14.8. The minimum absolute atomic E-state index is 0.0465. The molecule has 4 rings (SSSR count). The molecule has 0 radical (unpaired) electrons. The normalized spacial score (nSPS) is 14.1. The summed E-state index contributed by atoms with van der Waals surface area (Å²) in [5.74, 6) is -3.44. The Balaban J connectivity index is 1.58. The zero-order chi connectivity index (χ0) is 19.8. The fourth-order valence-corrected chi connectivity index (χ4v) is 3.32. The second-order valence-corrected chi connectivity index (χ2v) is 6.76. The number of nitrogens with two attached hydrogens (primary N) is 1. The van der Waals surface area contributed by atoms with Crippen LogP contribution in [0.15, 0.2) is 41.2 Å². The highest BCUT2D eigenvalue weighted by Gasteiger charge is 2.23. The average molecular weight is 386 g/mol.